The van der Waals surface area contributed by atoms with E-state index in [1.807, 2.05) is 19.3 Å². The van der Waals surface area contributed by atoms with E-state index in [0.717, 1.165) is 62.7 Å². The van der Waals surface area contributed by atoms with E-state index in [-0.39, 0.29) is 11.3 Å². The highest BCUT2D eigenvalue weighted by molar-refractivity contribution is 7.90. The molecule has 1 aliphatic carbocycles. The number of aryl methyl sites for hydroxylation is 1. The molecule has 2 fully saturated rings. The summed E-state index contributed by atoms with van der Waals surface area (Å²) in [7, 11) is -3.21. The van der Waals surface area contributed by atoms with Gasteiger partial charge in [-0.05, 0) is 50.3 Å². The van der Waals surface area contributed by atoms with Gasteiger partial charge in [-0.3, -0.25) is 9.88 Å². The number of sulfonamides is 1. The maximum atomic E-state index is 12.6. The standard InChI is InChI=1S/C17H27N3O2S/c1-14-9-15(11-18-10-14)12-20-8-4-7-17(13-20)23(21,22)19-16-5-2-3-6-16/h9-11,16-17,19H,2-8,12-13H2,1H3/t17-/m1/s1. The number of rotatable bonds is 5. The number of aromatic nitrogens is 1. The van der Waals surface area contributed by atoms with Gasteiger partial charge >= 0.3 is 0 Å². The number of hydrogen-bond donors (Lipinski definition) is 1. The van der Waals surface area contributed by atoms with Gasteiger partial charge in [0.2, 0.25) is 10.0 Å². The third kappa shape index (κ3) is 4.52. The average Bonchev–Trinajstić information content (AvgIpc) is 3.00. The SMILES string of the molecule is Cc1cncc(CN2CCC[C@@H](S(=O)(=O)NC3CCCC3)C2)c1. The Morgan fingerprint density at radius 1 is 1.22 bits per heavy atom. The van der Waals surface area contributed by atoms with Crippen molar-refractivity contribution >= 4 is 10.0 Å². The zero-order valence-corrected chi connectivity index (χ0v) is 14.7. The van der Waals surface area contributed by atoms with E-state index in [2.05, 4.69) is 20.7 Å². The van der Waals surface area contributed by atoms with Gasteiger partial charge in [-0.25, -0.2) is 13.1 Å². The molecule has 0 unspecified atom stereocenters. The molecule has 0 amide bonds. The molecule has 23 heavy (non-hydrogen) atoms. The van der Waals surface area contributed by atoms with Crippen molar-refractivity contribution in [3.63, 3.8) is 0 Å². The maximum absolute atomic E-state index is 12.6. The van der Waals surface area contributed by atoms with Crippen molar-refractivity contribution in [2.24, 2.45) is 0 Å². The van der Waals surface area contributed by atoms with Crippen molar-refractivity contribution in [2.75, 3.05) is 13.1 Å². The molecule has 1 saturated carbocycles. The number of pyridine rings is 1. The summed E-state index contributed by atoms with van der Waals surface area (Å²) in [4.78, 5) is 6.48. The van der Waals surface area contributed by atoms with Gasteiger partial charge in [0, 0.05) is 31.5 Å². The van der Waals surface area contributed by atoms with E-state index < -0.39 is 10.0 Å². The van der Waals surface area contributed by atoms with Gasteiger partial charge in [0.1, 0.15) is 0 Å². The molecule has 0 bridgehead atoms. The summed E-state index contributed by atoms with van der Waals surface area (Å²) in [5.74, 6) is 0. The highest BCUT2D eigenvalue weighted by Crippen LogP contribution is 2.23. The second-order valence-electron chi connectivity index (χ2n) is 7.01. The van der Waals surface area contributed by atoms with Crippen LogP contribution in [-0.2, 0) is 16.6 Å². The molecule has 5 nitrogen and oxygen atoms in total. The second kappa shape index (κ2) is 7.28. The molecular formula is C17H27N3O2S. The maximum Gasteiger partial charge on any atom is 0.215 e. The molecule has 1 saturated heterocycles. The van der Waals surface area contributed by atoms with Crippen LogP contribution in [0.4, 0.5) is 0 Å². The van der Waals surface area contributed by atoms with Crippen molar-refractivity contribution in [1.82, 2.24) is 14.6 Å². The summed E-state index contributed by atoms with van der Waals surface area (Å²) in [6.45, 7) is 4.40. The summed E-state index contributed by atoms with van der Waals surface area (Å²) in [5, 5.41) is -0.283. The topological polar surface area (TPSA) is 62.3 Å². The largest absolute Gasteiger partial charge is 0.298 e. The fraction of sp³-hybridized carbons (Fsp3) is 0.706. The van der Waals surface area contributed by atoms with Crippen LogP contribution >= 0.6 is 0 Å². The summed E-state index contributed by atoms with van der Waals surface area (Å²) >= 11 is 0. The van der Waals surface area contributed by atoms with Crippen LogP contribution in [0, 0.1) is 6.92 Å². The van der Waals surface area contributed by atoms with Crippen LogP contribution in [0.5, 0.6) is 0 Å². The van der Waals surface area contributed by atoms with Gasteiger partial charge in [0.25, 0.3) is 0 Å². The molecule has 128 valence electrons. The summed E-state index contributed by atoms with van der Waals surface area (Å²) in [5.41, 5.74) is 2.30. The molecule has 1 aliphatic heterocycles. The van der Waals surface area contributed by atoms with E-state index >= 15 is 0 Å². The van der Waals surface area contributed by atoms with Crippen molar-refractivity contribution in [3.05, 3.63) is 29.6 Å². The van der Waals surface area contributed by atoms with Gasteiger partial charge in [-0.1, -0.05) is 18.9 Å². The minimum atomic E-state index is -3.21. The fourth-order valence-corrected chi connectivity index (χ4v) is 5.52. The van der Waals surface area contributed by atoms with Crippen molar-refractivity contribution in [2.45, 2.75) is 63.3 Å². The normalized spacial score (nSPS) is 24.1. The molecule has 1 aromatic rings. The Morgan fingerprint density at radius 3 is 2.74 bits per heavy atom. The molecule has 1 N–H and O–H groups in total. The smallest absolute Gasteiger partial charge is 0.215 e. The van der Waals surface area contributed by atoms with E-state index in [9.17, 15) is 8.42 Å². The van der Waals surface area contributed by atoms with Crippen molar-refractivity contribution in [1.29, 1.82) is 0 Å². The first-order chi connectivity index (χ1) is 11.0. The Hall–Kier alpha value is -0.980. The summed E-state index contributed by atoms with van der Waals surface area (Å²) in [6.07, 6.45) is 9.70. The van der Waals surface area contributed by atoms with Crippen LogP contribution in [0.15, 0.2) is 18.5 Å². The van der Waals surface area contributed by atoms with E-state index in [4.69, 9.17) is 0 Å². The molecule has 0 spiro atoms. The second-order valence-corrected chi connectivity index (χ2v) is 9.01. The van der Waals surface area contributed by atoms with E-state index in [1.54, 1.807) is 0 Å². The fourth-order valence-electron chi connectivity index (χ4n) is 3.74. The van der Waals surface area contributed by atoms with Crippen molar-refractivity contribution in [3.8, 4) is 0 Å². The number of nitrogens with one attached hydrogen (secondary N) is 1. The van der Waals surface area contributed by atoms with E-state index in [0.29, 0.717) is 6.54 Å². The van der Waals surface area contributed by atoms with Crippen LogP contribution in [0.2, 0.25) is 0 Å². The van der Waals surface area contributed by atoms with Gasteiger partial charge in [-0.15, -0.1) is 0 Å². The lowest BCUT2D eigenvalue weighted by Crippen LogP contribution is -2.48. The number of hydrogen-bond acceptors (Lipinski definition) is 4. The summed E-state index contributed by atoms with van der Waals surface area (Å²) in [6, 6.07) is 2.29. The predicted octanol–water partition coefficient (Wildman–Crippen LogP) is 2.22. The molecular weight excluding hydrogens is 310 g/mol. The Bertz CT molecular complexity index is 626. The molecule has 1 atom stereocenters. The van der Waals surface area contributed by atoms with Crippen LogP contribution in [0.25, 0.3) is 0 Å². The molecule has 6 heteroatoms. The summed E-state index contributed by atoms with van der Waals surface area (Å²) < 4.78 is 28.2. The molecule has 0 aromatic carbocycles. The Balaban J connectivity index is 1.61. The first-order valence-electron chi connectivity index (χ1n) is 8.67. The lowest BCUT2D eigenvalue weighted by Gasteiger charge is -2.33. The minimum absolute atomic E-state index is 0.163. The lowest BCUT2D eigenvalue weighted by atomic mass is 10.1. The molecule has 3 rings (SSSR count). The van der Waals surface area contributed by atoms with Crippen LogP contribution in [-0.4, -0.2) is 42.7 Å². The molecule has 2 heterocycles. The van der Waals surface area contributed by atoms with Crippen molar-refractivity contribution < 1.29 is 8.42 Å². The Morgan fingerprint density at radius 2 is 2.00 bits per heavy atom. The van der Waals surface area contributed by atoms with Gasteiger partial charge in [0.05, 0.1) is 5.25 Å². The Kier molecular flexibility index (Phi) is 5.34. The number of nitrogens with zero attached hydrogens (tertiary/aromatic N) is 2. The monoisotopic (exact) mass is 337 g/mol. The lowest BCUT2D eigenvalue weighted by molar-refractivity contribution is 0.221. The number of piperidine rings is 1. The number of likely N-dealkylation sites (tertiary alicyclic amines) is 1. The van der Waals surface area contributed by atoms with Crippen LogP contribution < -0.4 is 4.72 Å². The van der Waals surface area contributed by atoms with Gasteiger partial charge in [0.15, 0.2) is 0 Å². The molecule has 0 radical (unpaired) electrons. The molecule has 1 aromatic heterocycles. The predicted molar refractivity (Wildman–Crippen MR) is 91.6 cm³/mol. The van der Waals surface area contributed by atoms with Crippen LogP contribution in [0.1, 0.15) is 49.7 Å². The first-order valence-corrected chi connectivity index (χ1v) is 10.2. The van der Waals surface area contributed by atoms with E-state index in [1.165, 1.54) is 0 Å². The van der Waals surface area contributed by atoms with Gasteiger partial charge in [-0.2, -0.15) is 0 Å². The highest BCUT2D eigenvalue weighted by atomic mass is 32.2. The molecule has 2 aliphatic rings. The zero-order valence-electron chi connectivity index (χ0n) is 13.9. The average molecular weight is 337 g/mol. The first kappa shape index (κ1) is 16.9. The Labute approximate surface area is 139 Å². The van der Waals surface area contributed by atoms with Gasteiger partial charge < -0.3 is 0 Å². The third-order valence-corrected chi connectivity index (χ3v) is 6.85. The zero-order chi connectivity index (χ0) is 16.3. The highest BCUT2D eigenvalue weighted by Gasteiger charge is 2.32. The quantitative estimate of drug-likeness (QED) is 0.895. The third-order valence-electron chi connectivity index (χ3n) is 4.92. The van der Waals surface area contributed by atoms with Crippen LogP contribution in [0.3, 0.4) is 0 Å². The minimum Gasteiger partial charge on any atom is -0.298 e.